The topological polar surface area (TPSA) is 86.8 Å². The minimum Gasteiger partial charge on any atom is -0.354 e. The third kappa shape index (κ3) is 9.35. The minimum atomic E-state index is -3.57. The van der Waals surface area contributed by atoms with Crippen molar-refractivity contribution in [1.82, 2.24) is 10.2 Å². The standard InChI is InChI=1S/C25H33Cl2N3O4S/c1-4-5-15-28-25(32)19(2)29(18-20-11-13-21(26)14-12-20)24(31)10-7-16-30(35(3,33)34)23-9-6-8-22(27)17-23/h6,8-9,11-14,17,19H,4-5,7,10,15-16,18H2,1-3H3,(H,28,32)/t19-/m1/s1. The molecule has 0 fully saturated rings. The van der Waals surface area contributed by atoms with Crippen molar-refractivity contribution in [3.63, 3.8) is 0 Å². The van der Waals surface area contributed by atoms with Gasteiger partial charge in [-0.1, -0.05) is 54.7 Å². The number of hydrogen-bond acceptors (Lipinski definition) is 4. The molecule has 10 heteroatoms. The Bertz CT molecular complexity index is 1090. The summed E-state index contributed by atoms with van der Waals surface area (Å²) >= 11 is 12.0. The van der Waals surface area contributed by atoms with Gasteiger partial charge in [-0.25, -0.2) is 8.42 Å². The van der Waals surface area contributed by atoms with Crippen molar-refractivity contribution in [3.8, 4) is 0 Å². The van der Waals surface area contributed by atoms with Gasteiger partial charge in [-0.05, 0) is 55.7 Å². The highest BCUT2D eigenvalue weighted by Gasteiger charge is 2.26. The van der Waals surface area contributed by atoms with Crippen LogP contribution in [0.15, 0.2) is 48.5 Å². The first-order valence-electron chi connectivity index (χ1n) is 11.6. The number of unbranched alkanes of at least 4 members (excludes halogenated alkanes) is 1. The molecule has 0 unspecified atom stereocenters. The van der Waals surface area contributed by atoms with Crippen molar-refractivity contribution in [1.29, 1.82) is 0 Å². The van der Waals surface area contributed by atoms with Crippen molar-refractivity contribution in [3.05, 3.63) is 64.1 Å². The van der Waals surface area contributed by atoms with Crippen molar-refractivity contribution < 1.29 is 18.0 Å². The second kappa shape index (κ2) is 13.7. The lowest BCUT2D eigenvalue weighted by atomic mass is 10.1. The molecule has 0 spiro atoms. The Labute approximate surface area is 218 Å². The summed E-state index contributed by atoms with van der Waals surface area (Å²) in [6.45, 7) is 4.63. The highest BCUT2D eigenvalue weighted by atomic mass is 35.5. The van der Waals surface area contributed by atoms with Crippen LogP contribution < -0.4 is 9.62 Å². The summed E-state index contributed by atoms with van der Waals surface area (Å²) in [5.74, 6) is -0.463. The second-order valence-electron chi connectivity index (χ2n) is 8.39. The molecule has 0 saturated heterocycles. The van der Waals surface area contributed by atoms with Crippen LogP contribution in [-0.4, -0.2) is 50.5 Å². The summed E-state index contributed by atoms with van der Waals surface area (Å²) in [4.78, 5) is 27.5. The maximum Gasteiger partial charge on any atom is 0.242 e. The van der Waals surface area contributed by atoms with E-state index in [2.05, 4.69) is 5.32 Å². The third-order valence-corrected chi connectivity index (χ3v) is 7.19. The summed E-state index contributed by atoms with van der Waals surface area (Å²) in [5.41, 5.74) is 1.28. The van der Waals surface area contributed by atoms with E-state index in [1.54, 1.807) is 43.3 Å². The molecule has 0 aliphatic heterocycles. The molecule has 35 heavy (non-hydrogen) atoms. The molecule has 7 nitrogen and oxygen atoms in total. The number of sulfonamides is 1. The van der Waals surface area contributed by atoms with Gasteiger partial charge in [0, 0.05) is 36.1 Å². The zero-order valence-electron chi connectivity index (χ0n) is 20.3. The first-order valence-corrected chi connectivity index (χ1v) is 14.2. The fourth-order valence-electron chi connectivity index (χ4n) is 3.54. The van der Waals surface area contributed by atoms with Crippen LogP contribution in [0.3, 0.4) is 0 Å². The van der Waals surface area contributed by atoms with E-state index >= 15 is 0 Å². The van der Waals surface area contributed by atoms with Crippen molar-refractivity contribution in [2.45, 2.75) is 52.1 Å². The summed E-state index contributed by atoms with van der Waals surface area (Å²) in [6.07, 6.45) is 3.28. The van der Waals surface area contributed by atoms with E-state index in [9.17, 15) is 18.0 Å². The van der Waals surface area contributed by atoms with Gasteiger partial charge in [0.05, 0.1) is 11.9 Å². The maximum atomic E-state index is 13.2. The summed E-state index contributed by atoms with van der Waals surface area (Å²) < 4.78 is 26.0. The molecule has 192 valence electrons. The second-order valence-corrected chi connectivity index (χ2v) is 11.2. The van der Waals surface area contributed by atoms with E-state index in [0.717, 1.165) is 24.7 Å². The number of carbonyl (C=O) groups is 2. The number of benzene rings is 2. The highest BCUT2D eigenvalue weighted by molar-refractivity contribution is 7.92. The molecule has 2 rings (SSSR count). The summed E-state index contributed by atoms with van der Waals surface area (Å²) in [7, 11) is -3.57. The van der Waals surface area contributed by atoms with E-state index in [4.69, 9.17) is 23.2 Å². The fourth-order valence-corrected chi connectivity index (χ4v) is 4.81. The Kier molecular flexibility index (Phi) is 11.3. The van der Waals surface area contributed by atoms with Crippen LogP contribution in [0.5, 0.6) is 0 Å². The van der Waals surface area contributed by atoms with Gasteiger partial charge >= 0.3 is 0 Å². The number of hydrogen-bond donors (Lipinski definition) is 1. The molecular formula is C25H33Cl2N3O4S. The molecule has 2 amide bonds. The monoisotopic (exact) mass is 541 g/mol. The molecule has 0 heterocycles. The molecule has 0 aromatic heterocycles. The van der Waals surface area contributed by atoms with E-state index in [-0.39, 0.29) is 37.7 Å². The predicted octanol–water partition coefficient (Wildman–Crippen LogP) is 4.87. The zero-order valence-corrected chi connectivity index (χ0v) is 22.7. The average Bonchev–Trinajstić information content (AvgIpc) is 2.80. The Hall–Kier alpha value is -2.29. The highest BCUT2D eigenvalue weighted by Crippen LogP contribution is 2.23. The van der Waals surface area contributed by atoms with Gasteiger partial charge < -0.3 is 10.2 Å². The number of halogens is 2. The van der Waals surface area contributed by atoms with Gasteiger partial charge in [0.25, 0.3) is 0 Å². The normalized spacial score (nSPS) is 12.1. The van der Waals surface area contributed by atoms with Crippen LogP contribution in [0.4, 0.5) is 5.69 Å². The van der Waals surface area contributed by atoms with Crippen molar-refractivity contribution in [2.24, 2.45) is 0 Å². The molecule has 1 atom stereocenters. The summed E-state index contributed by atoms with van der Waals surface area (Å²) in [6, 6.07) is 13.0. The average molecular weight is 543 g/mol. The van der Waals surface area contributed by atoms with E-state index in [1.807, 2.05) is 19.1 Å². The van der Waals surface area contributed by atoms with Gasteiger partial charge in [0.15, 0.2) is 0 Å². The molecule has 0 aliphatic carbocycles. The van der Waals surface area contributed by atoms with Crippen LogP contribution in [0, 0.1) is 0 Å². The quantitative estimate of drug-likeness (QED) is 0.366. The van der Waals surface area contributed by atoms with Crippen LogP contribution in [0.1, 0.15) is 45.1 Å². The third-order valence-electron chi connectivity index (χ3n) is 5.51. The number of nitrogens with zero attached hydrogens (tertiary/aromatic N) is 2. The predicted molar refractivity (Wildman–Crippen MR) is 142 cm³/mol. The van der Waals surface area contributed by atoms with Crippen LogP contribution in [0.2, 0.25) is 10.0 Å². The number of anilines is 1. The zero-order chi connectivity index (χ0) is 26.0. The number of nitrogens with one attached hydrogen (secondary N) is 1. The largest absolute Gasteiger partial charge is 0.354 e. The lowest BCUT2D eigenvalue weighted by molar-refractivity contribution is -0.140. The van der Waals surface area contributed by atoms with Crippen LogP contribution in [0.25, 0.3) is 0 Å². The van der Waals surface area contributed by atoms with Gasteiger partial charge in [0.2, 0.25) is 21.8 Å². The van der Waals surface area contributed by atoms with Gasteiger partial charge in [-0.3, -0.25) is 13.9 Å². The van der Waals surface area contributed by atoms with Crippen LogP contribution in [-0.2, 0) is 26.2 Å². The van der Waals surface area contributed by atoms with E-state index in [0.29, 0.717) is 22.3 Å². The van der Waals surface area contributed by atoms with Crippen molar-refractivity contribution in [2.75, 3.05) is 23.7 Å². The first kappa shape index (κ1) is 28.9. The minimum absolute atomic E-state index is 0.0761. The summed E-state index contributed by atoms with van der Waals surface area (Å²) in [5, 5.41) is 3.88. The molecule has 2 aromatic rings. The SMILES string of the molecule is CCCCNC(=O)[C@@H](C)N(Cc1ccc(Cl)cc1)C(=O)CCCN(c1cccc(Cl)c1)S(C)(=O)=O. The van der Waals surface area contributed by atoms with E-state index < -0.39 is 16.1 Å². The first-order chi connectivity index (χ1) is 16.5. The molecule has 2 aromatic carbocycles. The molecule has 0 bridgehead atoms. The van der Waals surface area contributed by atoms with Crippen LogP contribution >= 0.6 is 23.2 Å². The Balaban J connectivity index is 2.13. The Morgan fingerprint density at radius 1 is 1.03 bits per heavy atom. The molecule has 1 N–H and O–H groups in total. The number of amides is 2. The number of rotatable bonds is 13. The molecule has 0 aliphatic rings. The van der Waals surface area contributed by atoms with E-state index in [1.165, 1.54) is 9.21 Å². The van der Waals surface area contributed by atoms with Gasteiger partial charge in [-0.2, -0.15) is 0 Å². The van der Waals surface area contributed by atoms with Crippen molar-refractivity contribution >= 4 is 50.7 Å². The Morgan fingerprint density at radius 2 is 1.71 bits per heavy atom. The molecule has 0 saturated carbocycles. The number of carbonyl (C=O) groups excluding carboxylic acids is 2. The Morgan fingerprint density at radius 3 is 2.31 bits per heavy atom. The van der Waals surface area contributed by atoms with Gasteiger partial charge in [0.1, 0.15) is 6.04 Å². The fraction of sp³-hybridized carbons (Fsp3) is 0.440. The lowest BCUT2D eigenvalue weighted by Crippen LogP contribution is -2.47. The lowest BCUT2D eigenvalue weighted by Gasteiger charge is -2.29. The molecular weight excluding hydrogens is 509 g/mol. The smallest absolute Gasteiger partial charge is 0.242 e. The van der Waals surface area contributed by atoms with Gasteiger partial charge in [-0.15, -0.1) is 0 Å². The maximum absolute atomic E-state index is 13.2. The molecule has 0 radical (unpaired) electrons.